The molecule has 0 unspecified atom stereocenters. The molecule has 0 fully saturated rings. The van der Waals surface area contributed by atoms with Gasteiger partial charge >= 0.3 is 5.63 Å². The van der Waals surface area contributed by atoms with Gasteiger partial charge in [-0.15, -0.1) is 0 Å². The van der Waals surface area contributed by atoms with Crippen LogP contribution in [0.25, 0.3) is 22.4 Å². The number of rotatable bonds is 5. The maximum atomic E-state index is 12.2. The van der Waals surface area contributed by atoms with E-state index >= 15 is 0 Å². The van der Waals surface area contributed by atoms with E-state index in [1.54, 1.807) is 18.2 Å². The van der Waals surface area contributed by atoms with Gasteiger partial charge in [0.15, 0.2) is 5.78 Å². The van der Waals surface area contributed by atoms with Gasteiger partial charge in [-0.1, -0.05) is 37.6 Å². The lowest BCUT2D eigenvalue weighted by atomic mass is 10.0. The molecule has 0 bridgehead atoms. The fourth-order valence-electron chi connectivity index (χ4n) is 2.43. The third kappa shape index (κ3) is 3.21. The second kappa shape index (κ2) is 6.57. The topological polar surface area (TPSA) is 60.2 Å². The van der Waals surface area contributed by atoms with E-state index in [4.69, 9.17) is 4.42 Å². The number of hydrogen-bond donors (Lipinski definition) is 0. The van der Waals surface area contributed by atoms with Crippen LogP contribution in [0.1, 0.15) is 36.5 Å². The van der Waals surface area contributed by atoms with Crippen molar-refractivity contribution in [3.63, 3.8) is 0 Å². The van der Waals surface area contributed by atoms with Crippen LogP contribution < -0.4 is 5.63 Å². The largest absolute Gasteiger partial charge is 0.403 e. The first-order valence-corrected chi connectivity index (χ1v) is 7.72. The molecule has 3 rings (SSSR count). The number of unbranched alkanes of at least 4 members (excludes halogenated alkanes) is 1. The second-order valence-electron chi connectivity index (χ2n) is 5.43. The van der Waals surface area contributed by atoms with Crippen molar-refractivity contribution < 1.29 is 9.21 Å². The molecule has 1 heterocycles. The zero-order valence-corrected chi connectivity index (χ0v) is 12.9. The van der Waals surface area contributed by atoms with Gasteiger partial charge in [0.25, 0.3) is 0 Å². The Morgan fingerprint density at radius 3 is 2.65 bits per heavy atom. The summed E-state index contributed by atoms with van der Waals surface area (Å²) in [6.45, 7) is 2.05. The van der Waals surface area contributed by atoms with E-state index in [1.165, 1.54) is 0 Å². The van der Waals surface area contributed by atoms with Crippen molar-refractivity contribution in [2.45, 2.75) is 26.2 Å². The number of nitrogens with zero attached hydrogens (tertiary/aromatic N) is 1. The normalized spacial score (nSPS) is 10.8. The Hall–Kier alpha value is -2.75. The van der Waals surface area contributed by atoms with E-state index < -0.39 is 5.63 Å². The summed E-state index contributed by atoms with van der Waals surface area (Å²) in [5, 5.41) is 0.386. The van der Waals surface area contributed by atoms with Crippen LogP contribution in [0.2, 0.25) is 0 Å². The first-order valence-electron chi connectivity index (χ1n) is 7.72. The Morgan fingerprint density at radius 2 is 1.91 bits per heavy atom. The number of aromatic nitrogens is 1. The Morgan fingerprint density at radius 1 is 1.13 bits per heavy atom. The highest BCUT2D eigenvalue weighted by Crippen LogP contribution is 2.19. The third-order valence-electron chi connectivity index (χ3n) is 3.73. The molecule has 0 aliphatic carbocycles. The molecular formula is C19H17NO3. The molecule has 0 amide bonds. The van der Waals surface area contributed by atoms with Crippen LogP contribution in [0, 0.1) is 0 Å². The van der Waals surface area contributed by atoms with Crippen molar-refractivity contribution in [1.29, 1.82) is 0 Å². The number of Topliss-reactive ketones (excluding diaryl/α,β-unsaturated/α-hetero) is 1. The quantitative estimate of drug-likeness (QED) is 0.662. The van der Waals surface area contributed by atoms with E-state index in [2.05, 4.69) is 4.98 Å². The molecule has 23 heavy (non-hydrogen) atoms. The summed E-state index contributed by atoms with van der Waals surface area (Å²) in [4.78, 5) is 28.7. The van der Waals surface area contributed by atoms with Gasteiger partial charge in [0.05, 0.1) is 10.9 Å². The Bertz CT molecular complexity index is 897. The molecule has 0 aliphatic rings. The van der Waals surface area contributed by atoms with Crippen molar-refractivity contribution >= 4 is 16.7 Å². The van der Waals surface area contributed by atoms with E-state index in [0.29, 0.717) is 22.9 Å². The molecule has 3 aromatic rings. The number of carbonyl (C=O) groups is 1. The Balaban J connectivity index is 2.07. The molecule has 0 saturated carbocycles. The molecule has 0 N–H and O–H groups in total. The number of fused-ring (bicyclic) bond motifs is 1. The van der Waals surface area contributed by atoms with Gasteiger partial charge in [-0.3, -0.25) is 4.79 Å². The van der Waals surface area contributed by atoms with Crippen LogP contribution in [-0.2, 0) is 0 Å². The second-order valence-corrected chi connectivity index (χ2v) is 5.43. The summed E-state index contributed by atoms with van der Waals surface area (Å²) in [6.07, 6.45) is 2.34. The molecular weight excluding hydrogens is 290 g/mol. The van der Waals surface area contributed by atoms with Gasteiger partial charge in [0, 0.05) is 17.5 Å². The molecule has 116 valence electrons. The summed E-state index contributed by atoms with van der Waals surface area (Å²) < 4.78 is 5.29. The van der Waals surface area contributed by atoms with Crippen molar-refractivity contribution in [3.05, 3.63) is 64.5 Å². The fourth-order valence-corrected chi connectivity index (χ4v) is 2.43. The highest BCUT2D eigenvalue weighted by atomic mass is 16.4. The third-order valence-corrected chi connectivity index (χ3v) is 3.73. The number of benzene rings is 2. The smallest absolute Gasteiger partial charge is 0.347 e. The first kappa shape index (κ1) is 15.2. The lowest BCUT2D eigenvalue weighted by molar-refractivity contribution is 0.0980. The standard InChI is InChI=1S/C19H17NO3/c1-2-3-9-17(21)14-10-11-15-16(12-14)20-18(23-19(15)22)13-7-5-4-6-8-13/h4-8,10-12H,2-3,9H2,1H3. The number of carbonyl (C=O) groups excluding carboxylic acids is 1. The molecule has 2 aromatic carbocycles. The summed E-state index contributed by atoms with van der Waals surface area (Å²) in [5.41, 5.74) is 1.36. The van der Waals surface area contributed by atoms with Crippen molar-refractivity contribution in [3.8, 4) is 11.5 Å². The molecule has 4 heteroatoms. The monoisotopic (exact) mass is 307 g/mol. The first-order chi connectivity index (χ1) is 11.2. The molecule has 0 saturated heterocycles. The van der Waals surface area contributed by atoms with E-state index in [1.807, 2.05) is 37.3 Å². The van der Waals surface area contributed by atoms with Crippen molar-refractivity contribution in [2.75, 3.05) is 0 Å². The lowest BCUT2D eigenvalue weighted by Crippen LogP contribution is -2.05. The summed E-state index contributed by atoms with van der Waals surface area (Å²) in [7, 11) is 0. The minimum absolute atomic E-state index is 0.0741. The maximum Gasteiger partial charge on any atom is 0.347 e. The van der Waals surface area contributed by atoms with E-state index in [9.17, 15) is 9.59 Å². The van der Waals surface area contributed by atoms with Crippen molar-refractivity contribution in [2.24, 2.45) is 0 Å². The van der Waals surface area contributed by atoms with Crippen LogP contribution in [-0.4, -0.2) is 10.8 Å². The molecule has 1 aromatic heterocycles. The fraction of sp³-hybridized carbons (Fsp3) is 0.211. The number of hydrogen-bond acceptors (Lipinski definition) is 4. The van der Waals surface area contributed by atoms with Crippen LogP contribution in [0.3, 0.4) is 0 Å². The average molecular weight is 307 g/mol. The SMILES string of the molecule is CCCCC(=O)c1ccc2c(=O)oc(-c3ccccc3)nc2c1. The van der Waals surface area contributed by atoms with Gasteiger partial charge in [-0.2, -0.15) is 0 Å². The van der Waals surface area contributed by atoms with Gasteiger partial charge in [-0.25, -0.2) is 9.78 Å². The molecule has 0 atom stereocenters. The Labute approximate surface area is 133 Å². The highest BCUT2D eigenvalue weighted by Gasteiger charge is 2.11. The van der Waals surface area contributed by atoms with E-state index in [0.717, 1.165) is 18.4 Å². The highest BCUT2D eigenvalue weighted by molar-refractivity contribution is 5.99. The average Bonchev–Trinajstić information content (AvgIpc) is 2.59. The summed E-state index contributed by atoms with van der Waals surface area (Å²) in [6, 6.07) is 14.2. The van der Waals surface area contributed by atoms with Crippen LogP contribution in [0.4, 0.5) is 0 Å². The van der Waals surface area contributed by atoms with Crippen LogP contribution >= 0.6 is 0 Å². The molecule has 4 nitrogen and oxygen atoms in total. The summed E-state index contributed by atoms with van der Waals surface area (Å²) >= 11 is 0. The minimum atomic E-state index is -0.443. The predicted molar refractivity (Wildman–Crippen MR) is 89.6 cm³/mol. The summed E-state index contributed by atoms with van der Waals surface area (Å²) in [5.74, 6) is 0.339. The zero-order valence-electron chi connectivity index (χ0n) is 12.9. The van der Waals surface area contributed by atoms with Gasteiger partial charge in [0.1, 0.15) is 0 Å². The van der Waals surface area contributed by atoms with Gasteiger partial charge < -0.3 is 4.42 Å². The number of ketones is 1. The minimum Gasteiger partial charge on any atom is -0.403 e. The van der Waals surface area contributed by atoms with Gasteiger partial charge in [0.2, 0.25) is 5.89 Å². The predicted octanol–water partition coefficient (Wildman–Crippen LogP) is 4.23. The van der Waals surface area contributed by atoms with Crippen LogP contribution in [0.15, 0.2) is 57.7 Å². The molecule has 0 spiro atoms. The molecule has 0 radical (unpaired) electrons. The molecule has 0 aliphatic heterocycles. The Kier molecular flexibility index (Phi) is 4.33. The maximum absolute atomic E-state index is 12.2. The lowest BCUT2D eigenvalue weighted by Gasteiger charge is -2.04. The van der Waals surface area contributed by atoms with E-state index in [-0.39, 0.29) is 11.7 Å². The zero-order chi connectivity index (χ0) is 16.2. The van der Waals surface area contributed by atoms with Gasteiger partial charge in [-0.05, 0) is 30.7 Å². The van der Waals surface area contributed by atoms with Crippen LogP contribution in [0.5, 0.6) is 0 Å². The van der Waals surface area contributed by atoms with Crippen molar-refractivity contribution in [1.82, 2.24) is 4.98 Å².